The van der Waals surface area contributed by atoms with Crippen molar-refractivity contribution in [3.63, 3.8) is 0 Å². The van der Waals surface area contributed by atoms with Crippen molar-refractivity contribution >= 4 is 34.9 Å². The predicted molar refractivity (Wildman–Crippen MR) is 109 cm³/mol. The fraction of sp³-hybridized carbons (Fsp3) is 0.273. The van der Waals surface area contributed by atoms with E-state index in [9.17, 15) is 14.4 Å². The summed E-state index contributed by atoms with van der Waals surface area (Å²) in [7, 11) is 0. The second kappa shape index (κ2) is 7.16. The number of carbonyl (C=O) groups excluding carboxylic acids is 3. The van der Waals surface area contributed by atoms with Crippen LogP contribution in [0, 0.1) is 19.8 Å². The van der Waals surface area contributed by atoms with Crippen molar-refractivity contribution in [3.8, 4) is 0 Å². The number of carbonyl (C=O) groups is 3. The summed E-state index contributed by atoms with van der Waals surface area (Å²) >= 11 is 0. The molecule has 0 spiro atoms. The van der Waals surface area contributed by atoms with Gasteiger partial charge in [0.1, 0.15) is 12.0 Å². The van der Waals surface area contributed by atoms with E-state index in [0.717, 1.165) is 16.0 Å². The zero-order valence-corrected chi connectivity index (χ0v) is 16.5. The molecule has 2 aliphatic heterocycles. The van der Waals surface area contributed by atoms with Crippen molar-refractivity contribution in [1.29, 1.82) is 0 Å². The number of hydrogen-bond donors (Lipinski definition) is 0. The Morgan fingerprint density at radius 2 is 1.48 bits per heavy atom. The lowest BCUT2D eigenvalue weighted by molar-refractivity contribution is -0.136. The van der Waals surface area contributed by atoms with E-state index in [0.29, 0.717) is 11.4 Å². The molecule has 2 amide bonds. The lowest BCUT2D eigenvalue weighted by Crippen LogP contribution is -2.39. The monoisotopic (exact) mass is 391 g/mol. The van der Waals surface area contributed by atoms with E-state index in [4.69, 9.17) is 4.74 Å². The molecule has 29 heavy (non-hydrogen) atoms. The average Bonchev–Trinajstić information content (AvgIpc) is 3.21. The van der Waals surface area contributed by atoms with Crippen LogP contribution in [0.15, 0.2) is 53.6 Å². The molecule has 2 atom stereocenters. The summed E-state index contributed by atoms with van der Waals surface area (Å²) in [6.45, 7) is 5.72. The molecule has 2 heterocycles. The van der Waals surface area contributed by atoms with Gasteiger partial charge in [-0.15, -0.1) is 0 Å². The second-order valence-corrected chi connectivity index (χ2v) is 7.16. The Morgan fingerprint density at radius 3 is 2.03 bits per heavy atom. The molecule has 0 radical (unpaired) electrons. The van der Waals surface area contributed by atoms with Crippen LogP contribution >= 0.6 is 0 Å². The van der Waals surface area contributed by atoms with Crippen LogP contribution in [0.2, 0.25) is 0 Å². The third-order valence-electron chi connectivity index (χ3n) is 5.12. The molecule has 7 heteroatoms. The van der Waals surface area contributed by atoms with Crippen LogP contribution < -0.4 is 9.91 Å². The molecule has 1 saturated heterocycles. The summed E-state index contributed by atoms with van der Waals surface area (Å²) in [5.74, 6) is -2.55. The van der Waals surface area contributed by atoms with Gasteiger partial charge in [0.05, 0.1) is 18.0 Å². The molecule has 2 aromatic carbocycles. The maximum Gasteiger partial charge on any atom is 0.355 e. The summed E-state index contributed by atoms with van der Waals surface area (Å²) in [6.07, 6.45) is 0. The second-order valence-electron chi connectivity index (χ2n) is 7.16. The molecular formula is C22H21N3O4. The number of ether oxygens (including phenoxy) is 1. The van der Waals surface area contributed by atoms with Gasteiger partial charge in [0.2, 0.25) is 5.91 Å². The molecule has 1 fully saturated rings. The van der Waals surface area contributed by atoms with Crippen LogP contribution in [-0.2, 0) is 19.1 Å². The number of hydrazone groups is 1. The number of amides is 2. The third kappa shape index (κ3) is 3.08. The Balaban J connectivity index is 1.78. The number of benzene rings is 2. The van der Waals surface area contributed by atoms with E-state index in [1.807, 2.05) is 50.2 Å². The SMILES string of the molecule is CCOC(=O)C1=NN(c2ccc(C)cc2)[C@@H]2C(=O)N(c3ccc(C)cc3)C(=O)[C@@H]12. The van der Waals surface area contributed by atoms with E-state index in [1.165, 1.54) is 5.01 Å². The molecule has 0 aromatic heterocycles. The highest BCUT2D eigenvalue weighted by Gasteiger charge is 2.59. The smallest absolute Gasteiger partial charge is 0.355 e. The number of hydrogen-bond acceptors (Lipinski definition) is 6. The van der Waals surface area contributed by atoms with Crippen molar-refractivity contribution in [1.82, 2.24) is 0 Å². The van der Waals surface area contributed by atoms with E-state index in [2.05, 4.69) is 5.10 Å². The number of anilines is 2. The molecule has 0 bridgehead atoms. The first kappa shape index (κ1) is 18.9. The normalized spacial score (nSPS) is 20.7. The van der Waals surface area contributed by atoms with Crippen LogP contribution in [0.4, 0.5) is 11.4 Å². The Labute approximate surface area is 168 Å². The molecule has 2 aliphatic rings. The van der Waals surface area contributed by atoms with E-state index in [1.54, 1.807) is 19.1 Å². The van der Waals surface area contributed by atoms with Gasteiger partial charge in [0.15, 0.2) is 5.71 Å². The predicted octanol–water partition coefficient (Wildman–Crippen LogP) is 2.60. The number of rotatable bonds is 4. The average molecular weight is 391 g/mol. The Kier molecular flexibility index (Phi) is 4.66. The summed E-state index contributed by atoms with van der Waals surface area (Å²) in [4.78, 5) is 40.2. The van der Waals surface area contributed by atoms with Gasteiger partial charge >= 0.3 is 5.97 Å². The lowest BCUT2D eigenvalue weighted by atomic mass is 9.97. The third-order valence-corrected chi connectivity index (χ3v) is 5.12. The van der Waals surface area contributed by atoms with Gasteiger partial charge in [-0.3, -0.25) is 14.6 Å². The number of aryl methyl sites for hydroxylation is 2. The van der Waals surface area contributed by atoms with Gasteiger partial charge in [-0.1, -0.05) is 35.4 Å². The Bertz CT molecular complexity index is 1010. The number of fused-ring (bicyclic) bond motifs is 1. The van der Waals surface area contributed by atoms with Gasteiger partial charge in [-0.2, -0.15) is 5.10 Å². The highest BCUT2D eigenvalue weighted by Crippen LogP contribution is 2.38. The molecular weight excluding hydrogens is 370 g/mol. The van der Waals surface area contributed by atoms with Crippen molar-refractivity contribution in [2.75, 3.05) is 16.5 Å². The van der Waals surface area contributed by atoms with Gasteiger partial charge in [-0.05, 0) is 45.0 Å². The van der Waals surface area contributed by atoms with Crippen molar-refractivity contribution in [3.05, 3.63) is 59.7 Å². The molecule has 148 valence electrons. The first-order chi connectivity index (χ1) is 13.9. The van der Waals surface area contributed by atoms with Gasteiger partial charge in [0.25, 0.3) is 5.91 Å². The van der Waals surface area contributed by atoms with E-state index < -0.39 is 29.7 Å². The zero-order valence-electron chi connectivity index (χ0n) is 16.5. The standard InChI is InChI=1S/C22H21N3O4/c1-4-29-22(28)18-17-19(25(23-18)16-11-7-14(3)8-12-16)21(27)24(20(17)26)15-9-5-13(2)6-10-15/h5-12,17,19H,4H2,1-3H3/t17-,19-/m0/s1. The van der Waals surface area contributed by atoms with Crippen molar-refractivity contribution in [2.24, 2.45) is 11.0 Å². The van der Waals surface area contributed by atoms with Crippen LogP contribution in [0.5, 0.6) is 0 Å². The van der Waals surface area contributed by atoms with Crippen LogP contribution in [0.3, 0.4) is 0 Å². The molecule has 0 unspecified atom stereocenters. The van der Waals surface area contributed by atoms with Gasteiger partial charge in [-0.25, -0.2) is 9.69 Å². The largest absolute Gasteiger partial charge is 0.461 e. The quantitative estimate of drug-likeness (QED) is 0.591. The summed E-state index contributed by atoms with van der Waals surface area (Å²) in [5, 5.41) is 5.80. The minimum Gasteiger partial charge on any atom is -0.461 e. The van der Waals surface area contributed by atoms with Gasteiger partial charge < -0.3 is 4.74 Å². The highest BCUT2D eigenvalue weighted by atomic mass is 16.5. The Morgan fingerprint density at radius 1 is 0.931 bits per heavy atom. The fourth-order valence-corrected chi connectivity index (χ4v) is 3.65. The van der Waals surface area contributed by atoms with E-state index in [-0.39, 0.29) is 12.3 Å². The summed E-state index contributed by atoms with van der Waals surface area (Å²) < 4.78 is 5.10. The number of imide groups is 1. The molecule has 7 nitrogen and oxygen atoms in total. The molecule has 4 rings (SSSR count). The summed E-state index contributed by atoms with van der Waals surface area (Å²) in [5.41, 5.74) is 3.14. The van der Waals surface area contributed by atoms with Crippen LogP contribution in [0.25, 0.3) is 0 Å². The highest BCUT2D eigenvalue weighted by molar-refractivity contribution is 6.47. The first-order valence-corrected chi connectivity index (χ1v) is 9.48. The maximum atomic E-state index is 13.3. The van der Waals surface area contributed by atoms with Crippen molar-refractivity contribution in [2.45, 2.75) is 26.8 Å². The van der Waals surface area contributed by atoms with Gasteiger partial charge in [0, 0.05) is 0 Å². The van der Waals surface area contributed by atoms with E-state index >= 15 is 0 Å². The fourth-order valence-electron chi connectivity index (χ4n) is 3.65. The zero-order chi connectivity index (χ0) is 20.7. The van der Waals surface area contributed by atoms with Crippen LogP contribution in [0.1, 0.15) is 18.1 Å². The Hall–Kier alpha value is -3.48. The topological polar surface area (TPSA) is 79.3 Å². The molecule has 0 N–H and O–H groups in total. The number of esters is 1. The minimum absolute atomic E-state index is 0.0367. The minimum atomic E-state index is -0.996. The lowest BCUT2D eigenvalue weighted by Gasteiger charge is -2.22. The molecule has 2 aromatic rings. The number of nitrogens with zero attached hydrogens (tertiary/aromatic N) is 3. The van der Waals surface area contributed by atoms with Crippen molar-refractivity contribution < 1.29 is 19.1 Å². The maximum absolute atomic E-state index is 13.3. The first-order valence-electron chi connectivity index (χ1n) is 9.48. The molecule has 0 saturated carbocycles. The van der Waals surface area contributed by atoms with Crippen LogP contribution in [-0.4, -0.2) is 36.1 Å². The molecule has 0 aliphatic carbocycles. The summed E-state index contributed by atoms with van der Waals surface area (Å²) in [6, 6.07) is 13.6.